The van der Waals surface area contributed by atoms with Crippen LogP contribution in [0, 0.1) is 11.7 Å². The number of primary amides is 1. The molecule has 2 aliphatic rings. The smallest absolute Gasteiger partial charge is 0.231 e. The highest BCUT2D eigenvalue weighted by atomic mass is 35.5. The molecule has 1 aromatic heterocycles. The molecule has 6 nitrogen and oxygen atoms in total. The summed E-state index contributed by atoms with van der Waals surface area (Å²) < 4.78 is 19.6. The van der Waals surface area contributed by atoms with Crippen molar-refractivity contribution in [3.63, 3.8) is 0 Å². The summed E-state index contributed by atoms with van der Waals surface area (Å²) in [5.41, 5.74) is 10.4. The highest BCUT2D eigenvalue weighted by Gasteiger charge is 2.49. The van der Waals surface area contributed by atoms with E-state index in [-0.39, 0.29) is 34.8 Å². The lowest BCUT2D eigenvalue weighted by Gasteiger charge is -2.28. The van der Waals surface area contributed by atoms with Crippen LogP contribution in [-0.4, -0.2) is 29.1 Å². The number of halogens is 3. The predicted molar refractivity (Wildman–Crippen MR) is 107 cm³/mol. The van der Waals surface area contributed by atoms with Gasteiger partial charge in [-0.2, -0.15) is 0 Å². The Kier molecular flexibility index (Phi) is 4.77. The van der Waals surface area contributed by atoms with Gasteiger partial charge in [0, 0.05) is 17.7 Å². The topological polar surface area (TPSA) is 111 Å². The first-order valence-corrected chi connectivity index (χ1v) is 9.94. The lowest BCUT2D eigenvalue weighted by Crippen LogP contribution is -2.41. The number of aliphatic hydroxyl groups is 1. The summed E-state index contributed by atoms with van der Waals surface area (Å²) in [6, 6.07) is 4.22. The molecule has 4 rings (SSSR count). The first-order chi connectivity index (χ1) is 13.6. The average Bonchev–Trinajstić information content (AvgIpc) is 3.50. The van der Waals surface area contributed by atoms with Crippen molar-refractivity contribution in [2.75, 3.05) is 13.2 Å². The molecule has 0 saturated heterocycles. The quantitative estimate of drug-likeness (QED) is 0.620. The van der Waals surface area contributed by atoms with Gasteiger partial charge in [0.1, 0.15) is 34.9 Å². The zero-order valence-electron chi connectivity index (χ0n) is 15.6. The fourth-order valence-corrected chi connectivity index (χ4v) is 4.15. The number of hydrogen-bond acceptors (Lipinski definition) is 5. The van der Waals surface area contributed by atoms with Gasteiger partial charge in [0.15, 0.2) is 0 Å². The number of carbonyl (C=O) groups excluding carboxylic acids is 1. The molecule has 5 N–H and O–H groups in total. The molecule has 1 amide bonds. The molecular weight excluding hydrogens is 420 g/mol. The van der Waals surface area contributed by atoms with Gasteiger partial charge in [0.05, 0.1) is 15.7 Å². The minimum absolute atomic E-state index is 0.00677. The molecule has 0 spiro atoms. The molecule has 2 aromatic rings. The third-order valence-electron chi connectivity index (χ3n) is 5.91. The maximum atomic E-state index is 13.8. The molecule has 2 atom stereocenters. The molecule has 1 aliphatic carbocycles. The van der Waals surface area contributed by atoms with Crippen LogP contribution in [0.25, 0.3) is 11.3 Å². The number of aromatic nitrogens is 1. The monoisotopic (exact) mass is 439 g/mol. The minimum atomic E-state index is -1.37. The van der Waals surface area contributed by atoms with E-state index in [9.17, 15) is 14.3 Å². The second kappa shape index (κ2) is 6.80. The van der Waals surface area contributed by atoms with Crippen molar-refractivity contribution in [1.29, 1.82) is 0 Å². The van der Waals surface area contributed by atoms with Gasteiger partial charge in [-0.1, -0.05) is 23.2 Å². The Morgan fingerprint density at radius 1 is 1.41 bits per heavy atom. The van der Waals surface area contributed by atoms with E-state index in [1.807, 2.05) is 0 Å². The van der Waals surface area contributed by atoms with Crippen LogP contribution in [0.4, 0.5) is 4.39 Å². The van der Waals surface area contributed by atoms with Crippen LogP contribution in [0.1, 0.15) is 31.0 Å². The fraction of sp³-hybridized carbons (Fsp3) is 0.400. The summed E-state index contributed by atoms with van der Waals surface area (Å²) in [7, 11) is 0. The second-order valence-corrected chi connectivity index (χ2v) is 8.60. The van der Waals surface area contributed by atoms with Crippen LogP contribution in [0.15, 0.2) is 18.2 Å². The number of hydrogen-bond donors (Lipinski definition) is 3. The third kappa shape index (κ3) is 2.99. The van der Waals surface area contributed by atoms with E-state index in [1.165, 1.54) is 12.1 Å². The molecule has 9 heteroatoms. The number of rotatable bonds is 5. The zero-order valence-corrected chi connectivity index (χ0v) is 17.1. The molecule has 0 bridgehead atoms. The Hall–Kier alpha value is -1.93. The van der Waals surface area contributed by atoms with Crippen molar-refractivity contribution in [1.82, 2.24) is 4.98 Å². The molecule has 1 aromatic carbocycles. The van der Waals surface area contributed by atoms with Crippen LogP contribution in [0.2, 0.25) is 10.0 Å². The van der Waals surface area contributed by atoms with Crippen LogP contribution < -0.4 is 16.2 Å². The highest BCUT2D eigenvalue weighted by Crippen LogP contribution is 2.50. The Balaban J connectivity index is 2.02. The number of benzene rings is 1. The summed E-state index contributed by atoms with van der Waals surface area (Å²) in [5.74, 6) is -0.993. The van der Waals surface area contributed by atoms with Crippen LogP contribution in [0.5, 0.6) is 5.75 Å². The number of nitrogens with zero attached hydrogens (tertiary/aromatic N) is 1. The van der Waals surface area contributed by atoms with Crippen LogP contribution in [0.3, 0.4) is 0 Å². The number of fused-ring (bicyclic) bond motifs is 1. The van der Waals surface area contributed by atoms with Gasteiger partial charge in [-0.05, 0) is 43.9 Å². The van der Waals surface area contributed by atoms with Crippen LogP contribution >= 0.6 is 23.2 Å². The Morgan fingerprint density at radius 3 is 2.69 bits per heavy atom. The third-order valence-corrected chi connectivity index (χ3v) is 6.77. The first kappa shape index (κ1) is 20.3. The molecule has 0 unspecified atom stereocenters. The van der Waals surface area contributed by atoms with Crippen molar-refractivity contribution in [2.24, 2.45) is 17.4 Å². The van der Waals surface area contributed by atoms with Gasteiger partial charge in [-0.25, -0.2) is 9.37 Å². The van der Waals surface area contributed by atoms with E-state index in [0.29, 0.717) is 22.6 Å². The number of nitrogens with two attached hydrogens (primary N) is 2. The standard InChI is InChI=1S/C20H20Cl2FN3O3/c1-19(18(25)27)8-29-17-11(19)6-13(20(28,7-24)9-2-3-9)26-16(17)10-4-5-12(23)15(22)14(10)21/h4-6,9,28H,2-3,7-8,24H2,1H3,(H2,25,27)/t19-,20+/m0/s1. The van der Waals surface area contributed by atoms with Gasteiger partial charge < -0.3 is 21.3 Å². The minimum Gasteiger partial charge on any atom is -0.489 e. The Bertz CT molecular complexity index is 1030. The maximum absolute atomic E-state index is 13.8. The lowest BCUT2D eigenvalue weighted by molar-refractivity contribution is -0.123. The van der Waals surface area contributed by atoms with Crippen molar-refractivity contribution in [3.05, 3.63) is 45.3 Å². The Morgan fingerprint density at radius 2 is 2.10 bits per heavy atom. The van der Waals surface area contributed by atoms with Gasteiger partial charge >= 0.3 is 0 Å². The van der Waals surface area contributed by atoms with Crippen molar-refractivity contribution in [2.45, 2.75) is 30.8 Å². The molecule has 1 saturated carbocycles. The van der Waals surface area contributed by atoms with Gasteiger partial charge in [-0.15, -0.1) is 0 Å². The average molecular weight is 440 g/mol. The molecule has 1 fully saturated rings. The number of carbonyl (C=O) groups is 1. The van der Waals surface area contributed by atoms with Gasteiger partial charge in [-0.3, -0.25) is 4.79 Å². The Labute approximate surface area is 177 Å². The maximum Gasteiger partial charge on any atom is 0.231 e. The van der Waals surface area contributed by atoms with E-state index in [4.69, 9.17) is 39.4 Å². The predicted octanol–water partition coefficient (Wildman–Crippen LogP) is 2.89. The van der Waals surface area contributed by atoms with E-state index >= 15 is 0 Å². The van der Waals surface area contributed by atoms with E-state index in [1.54, 1.807) is 13.0 Å². The summed E-state index contributed by atoms with van der Waals surface area (Å²) >= 11 is 12.3. The zero-order chi connectivity index (χ0) is 21.1. The molecular formula is C20H20Cl2FN3O3. The molecule has 0 radical (unpaired) electrons. The normalized spacial score (nSPS) is 22.7. The largest absolute Gasteiger partial charge is 0.489 e. The van der Waals surface area contributed by atoms with Gasteiger partial charge in [0.25, 0.3) is 0 Å². The summed E-state index contributed by atoms with van der Waals surface area (Å²) in [6.07, 6.45) is 1.63. The van der Waals surface area contributed by atoms with Crippen molar-refractivity contribution in [3.8, 4) is 17.0 Å². The summed E-state index contributed by atoms with van der Waals surface area (Å²) in [5, 5.41) is 11.0. The lowest BCUT2D eigenvalue weighted by atomic mass is 9.81. The summed E-state index contributed by atoms with van der Waals surface area (Å²) in [4.78, 5) is 16.8. The van der Waals surface area contributed by atoms with Crippen molar-refractivity contribution < 1.29 is 19.0 Å². The van der Waals surface area contributed by atoms with E-state index < -0.39 is 22.7 Å². The van der Waals surface area contributed by atoms with Crippen LogP contribution in [-0.2, 0) is 15.8 Å². The molecule has 154 valence electrons. The first-order valence-electron chi connectivity index (χ1n) is 9.18. The summed E-state index contributed by atoms with van der Waals surface area (Å²) in [6.45, 7) is 1.62. The molecule has 1 aliphatic heterocycles. The van der Waals surface area contributed by atoms with E-state index in [2.05, 4.69) is 4.98 Å². The fourth-order valence-electron chi connectivity index (χ4n) is 3.74. The van der Waals surface area contributed by atoms with E-state index in [0.717, 1.165) is 12.8 Å². The van der Waals surface area contributed by atoms with Gasteiger partial charge in [0.2, 0.25) is 5.91 Å². The highest BCUT2D eigenvalue weighted by molar-refractivity contribution is 6.43. The second-order valence-electron chi connectivity index (χ2n) is 7.84. The number of pyridine rings is 1. The number of ether oxygens (including phenoxy) is 1. The molecule has 29 heavy (non-hydrogen) atoms. The molecule has 2 heterocycles. The number of amides is 1. The van der Waals surface area contributed by atoms with Crippen molar-refractivity contribution >= 4 is 29.1 Å². The SMILES string of the molecule is C[C@]1(C(N)=O)COc2c1cc([C@@](O)(CN)C1CC1)nc2-c1ccc(F)c(Cl)c1Cl.